The van der Waals surface area contributed by atoms with Crippen molar-refractivity contribution in [2.45, 2.75) is 4.90 Å². The van der Waals surface area contributed by atoms with Crippen molar-refractivity contribution in [3.05, 3.63) is 23.2 Å². The average Bonchev–Trinajstić information content (AvgIpc) is 1.92. The van der Waals surface area contributed by atoms with Crippen LogP contribution in [0.4, 0.5) is 5.69 Å². The second-order valence-corrected chi connectivity index (χ2v) is 3.90. The third-order valence-electron chi connectivity index (χ3n) is 1.22. The van der Waals surface area contributed by atoms with Crippen LogP contribution in [0.2, 0.25) is 5.02 Å². The second-order valence-electron chi connectivity index (χ2n) is 2.14. The first-order valence-electron chi connectivity index (χ1n) is 2.92. The molecule has 0 atom stereocenters. The Morgan fingerprint density at radius 1 is 1.38 bits per heavy atom. The minimum absolute atomic E-state index is 0. The Balaban J connectivity index is 0.00000144. The Morgan fingerprint density at radius 3 is 2.31 bits per heavy atom. The molecule has 0 aromatic heterocycles. The van der Waals surface area contributed by atoms with Crippen molar-refractivity contribution in [2.75, 3.05) is 5.73 Å². The van der Waals surface area contributed by atoms with E-state index in [-0.39, 0.29) is 29.6 Å². The Labute approximate surface area is 93.0 Å². The van der Waals surface area contributed by atoms with Crippen LogP contribution in [0.15, 0.2) is 23.1 Å². The summed E-state index contributed by atoms with van der Waals surface area (Å²) in [5.74, 6) is 0. The fourth-order valence-electron chi connectivity index (χ4n) is 0.712. The van der Waals surface area contributed by atoms with Crippen LogP contribution in [0.3, 0.4) is 0 Å². The molecule has 13 heavy (non-hydrogen) atoms. The number of benzene rings is 1. The fourth-order valence-corrected chi connectivity index (χ4v) is 1.70. The number of nitrogen functional groups attached to an aromatic ring is 1. The maximum absolute atomic E-state index is 10.5. The molecule has 0 fully saturated rings. The Hall–Kier alpha value is -0.183. The largest absolute Gasteiger partial charge is 1.00 e. The first kappa shape index (κ1) is 12.8. The van der Waals surface area contributed by atoms with E-state index in [2.05, 4.69) is 0 Å². The molecule has 0 radical (unpaired) electrons. The van der Waals surface area contributed by atoms with Crippen molar-refractivity contribution in [1.29, 1.82) is 0 Å². The number of hydrogen-bond acceptors (Lipinski definition) is 4. The molecule has 4 nitrogen and oxygen atoms in total. The molecular weight excluding hydrogens is 209 g/mol. The Kier molecular flexibility index (Phi) is 4.29. The van der Waals surface area contributed by atoms with E-state index >= 15 is 0 Å². The molecule has 0 aliphatic rings. The summed E-state index contributed by atoms with van der Waals surface area (Å²) in [5, 5.41) is -0.112. The third kappa shape index (κ3) is 3.22. The van der Waals surface area contributed by atoms with E-state index in [0.717, 1.165) is 6.07 Å². The summed E-state index contributed by atoms with van der Waals surface area (Å²) in [4.78, 5) is -0.482. The van der Waals surface area contributed by atoms with E-state index in [9.17, 15) is 13.0 Å². The number of nitrogens with two attached hydrogens (primary N) is 1. The van der Waals surface area contributed by atoms with Gasteiger partial charge in [-0.05, 0) is 18.2 Å². The molecule has 0 heterocycles. The SMILES string of the molecule is Nc1ccc(Cl)c(S(=O)(=O)[O-])c1.[Li+]. The van der Waals surface area contributed by atoms with Crippen LogP contribution in [-0.2, 0) is 10.1 Å². The van der Waals surface area contributed by atoms with Crippen molar-refractivity contribution in [1.82, 2.24) is 0 Å². The van der Waals surface area contributed by atoms with Gasteiger partial charge in [-0.2, -0.15) is 0 Å². The molecule has 1 aromatic carbocycles. The van der Waals surface area contributed by atoms with E-state index < -0.39 is 15.0 Å². The predicted molar refractivity (Wildman–Crippen MR) is 43.8 cm³/mol. The summed E-state index contributed by atoms with van der Waals surface area (Å²) < 4.78 is 31.5. The van der Waals surface area contributed by atoms with Gasteiger partial charge in [-0.3, -0.25) is 0 Å². The van der Waals surface area contributed by atoms with Crippen LogP contribution in [0.25, 0.3) is 0 Å². The molecule has 2 N–H and O–H groups in total. The van der Waals surface area contributed by atoms with E-state index in [0.29, 0.717) is 0 Å². The van der Waals surface area contributed by atoms with Gasteiger partial charge in [-0.15, -0.1) is 0 Å². The van der Waals surface area contributed by atoms with E-state index in [4.69, 9.17) is 17.3 Å². The van der Waals surface area contributed by atoms with Crippen molar-refractivity contribution >= 4 is 27.4 Å². The second kappa shape index (κ2) is 4.36. The van der Waals surface area contributed by atoms with Crippen LogP contribution < -0.4 is 24.6 Å². The zero-order valence-corrected chi connectivity index (χ0v) is 8.39. The van der Waals surface area contributed by atoms with Crippen LogP contribution >= 0.6 is 11.6 Å². The van der Waals surface area contributed by atoms with Crippen molar-refractivity contribution in [3.8, 4) is 0 Å². The predicted octanol–water partition coefficient (Wildman–Crippen LogP) is -2.17. The molecule has 1 rings (SSSR count). The molecule has 7 heteroatoms. The number of halogens is 1. The normalized spacial score (nSPS) is 10.6. The summed E-state index contributed by atoms with van der Waals surface area (Å²) >= 11 is 5.45. The van der Waals surface area contributed by atoms with Crippen LogP contribution in [0.5, 0.6) is 0 Å². The summed E-state index contributed by atoms with van der Waals surface area (Å²) in [6, 6.07) is 3.71. The number of hydrogen-bond donors (Lipinski definition) is 1. The molecule has 0 amide bonds. The zero-order chi connectivity index (χ0) is 9.35. The summed E-state index contributed by atoms with van der Waals surface area (Å²) in [6.07, 6.45) is 0. The van der Waals surface area contributed by atoms with Gasteiger partial charge in [0.15, 0.2) is 0 Å². The van der Waals surface area contributed by atoms with Gasteiger partial charge in [0, 0.05) is 5.69 Å². The third-order valence-corrected chi connectivity index (χ3v) is 2.54. The van der Waals surface area contributed by atoms with E-state index in [1.807, 2.05) is 0 Å². The minimum Gasteiger partial charge on any atom is -0.744 e. The zero-order valence-electron chi connectivity index (χ0n) is 6.82. The van der Waals surface area contributed by atoms with Crippen molar-refractivity contribution in [3.63, 3.8) is 0 Å². The molecule has 0 unspecified atom stereocenters. The van der Waals surface area contributed by atoms with Gasteiger partial charge in [0.25, 0.3) is 0 Å². The standard InChI is InChI=1S/C6H6ClNO3S.Li/c7-5-2-1-4(8)3-6(5)12(9,10)11;/h1-3H,8H2,(H,9,10,11);/q;+1/p-1. The first-order valence-corrected chi connectivity index (χ1v) is 4.71. The molecule has 0 saturated carbocycles. The molecule has 0 bridgehead atoms. The maximum atomic E-state index is 10.5. The quantitative estimate of drug-likeness (QED) is 0.327. The monoisotopic (exact) mass is 213 g/mol. The topological polar surface area (TPSA) is 83.2 Å². The Bertz CT molecular complexity index is 406. The fraction of sp³-hybridized carbons (Fsp3) is 0. The van der Waals surface area contributed by atoms with Crippen LogP contribution in [0.1, 0.15) is 0 Å². The molecule has 0 aliphatic heterocycles. The van der Waals surface area contributed by atoms with Gasteiger partial charge in [0.1, 0.15) is 10.1 Å². The minimum atomic E-state index is -4.52. The summed E-state index contributed by atoms with van der Waals surface area (Å²) in [7, 11) is -4.52. The Morgan fingerprint density at radius 2 is 1.92 bits per heavy atom. The molecule has 0 saturated heterocycles. The van der Waals surface area contributed by atoms with Crippen molar-refractivity contribution < 1.29 is 31.8 Å². The van der Waals surface area contributed by atoms with Gasteiger partial charge in [-0.1, -0.05) is 11.6 Å². The van der Waals surface area contributed by atoms with Crippen molar-refractivity contribution in [2.24, 2.45) is 0 Å². The van der Waals surface area contributed by atoms with Gasteiger partial charge in [-0.25, -0.2) is 8.42 Å². The first-order chi connectivity index (χ1) is 5.41. The number of anilines is 1. The summed E-state index contributed by atoms with van der Waals surface area (Å²) in [5.41, 5.74) is 5.45. The van der Waals surface area contributed by atoms with Gasteiger partial charge >= 0.3 is 18.9 Å². The molecule has 0 aliphatic carbocycles. The average molecular weight is 214 g/mol. The van der Waals surface area contributed by atoms with Gasteiger partial charge < -0.3 is 10.3 Å². The van der Waals surface area contributed by atoms with Crippen LogP contribution in [-0.4, -0.2) is 13.0 Å². The number of rotatable bonds is 1. The van der Waals surface area contributed by atoms with Gasteiger partial charge in [0.2, 0.25) is 0 Å². The summed E-state index contributed by atoms with van der Waals surface area (Å²) in [6.45, 7) is 0. The molecule has 0 spiro atoms. The van der Waals surface area contributed by atoms with Gasteiger partial charge in [0.05, 0.1) is 9.92 Å². The molecule has 66 valence electrons. The van der Waals surface area contributed by atoms with E-state index in [1.165, 1.54) is 12.1 Å². The smallest absolute Gasteiger partial charge is 0.744 e. The molecule has 1 aromatic rings. The maximum Gasteiger partial charge on any atom is 1.00 e. The molecular formula is C6H5ClLiNO3S. The van der Waals surface area contributed by atoms with Crippen LogP contribution in [0, 0.1) is 0 Å². The van der Waals surface area contributed by atoms with E-state index in [1.54, 1.807) is 0 Å².